The molecule has 2 saturated heterocycles. The third-order valence-corrected chi connectivity index (χ3v) is 7.88. The molecule has 4 heterocycles. The summed E-state index contributed by atoms with van der Waals surface area (Å²) >= 11 is 0. The van der Waals surface area contributed by atoms with Crippen molar-refractivity contribution in [2.45, 2.75) is 39.2 Å². The zero-order chi connectivity index (χ0) is 36.9. The molecule has 286 valence electrons. The van der Waals surface area contributed by atoms with Gasteiger partial charge in [0.05, 0.1) is 76.9 Å². The largest absolute Gasteiger partial charge is 0.442 e. The number of fused-ring (bicyclic) bond motifs is 1. The van der Waals surface area contributed by atoms with Crippen LogP contribution in [0.5, 0.6) is 0 Å². The minimum absolute atomic E-state index is 0.0332. The number of aromatic nitrogens is 5. The van der Waals surface area contributed by atoms with E-state index in [-0.39, 0.29) is 38.1 Å². The number of morpholine rings is 1. The number of nitrogens with zero attached hydrogens (tertiary/aromatic N) is 8. The Labute approximate surface area is 300 Å². The van der Waals surface area contributed by atoms with Gasteiger partial charge in [-0.2, -0.15) is 20.4 Å². The van der Waals surface area contributed by atoms with E-state index in [0.29, 0.717) is 102 Å². The van der Waals surface area contributed by atoms with Gasteiger partial charge >= 0.3 is 6.09 Å². The average molecular weight is 736 g/mol. The smallest absolute Gasteiger partial charge is 0.431 e. The fourth-order valence-corrected chi connectivity index (χ4v) is 5.42. The second-order valence-electron chi connectivity index (χ2n) is 12.8. The number of ether oxygens (including phenoxy) is 5. The maximum Gasteiger partial charge on any atom is 0.431 e. The third-order valence-electron chi connectivity index (χ3n) is 7.88. The molecule has 0 unspecified atom stereocenters. The van der Waals surface area contributed by atoms with E-state index in [1.165, 1.54) is 4.57 Å². The molecule has 2 aromatic heterocycles. The predicted molar refractivity (Wildman–Crippen MR) is 184 cm³/mol. The molecule has 0 spiro atoms. The lowest BCUT2D eigenvalue weighted by atomic mass is 10.2. The number of nitrogens with one attached hydrogen (secondary N) is 1. The molecule has 5 rings (SSSR count). The number of halogens is 2. The molecule has 0 bridgehead atoms. The van der Waals surface area contributed by atoms with Gasteiger partial charge in [-0.1, -0.05) is 12.1 Å². The van der Waals surface area contributed by atoms with Crippen molar-refractivity contribution in [3.8, 4) is 5.95 Å². The van der Waals surface area contributed by atoms with Gasteiger partial charge in [0.15, 0.2) is 5.82 Å². The van der Waals surface area contributed by atoms with E-state index < -0.39 is 23.9 Å². The Morgan fingerprint density at radius 1 is 0.788 bits per heavy atom. The molecule has 2 aliphatic rings. The van der Waals surface area contributed by atoms with Crippen molar-refractivity contribution in [3.05, 3.63) is 30.1 Å². The maximum atomic E-state index is 14.2. The molecule has 1 N–H and O–H groups in total. The summed E-state index contributed by atoms with van der Waals surface area (Å²) in [6, 6.07) is 6.87. The number of carbonyl (C=O) groups excluding carboxylic acids is 2. The number of hydrogen-bond acceptors (Lipinski definition) is 14. The lowest BCUT2D eigenvalue weighted by Crippen LogP contribution is -2.49. The summed E-state index contributed by atoms with van der Waals surface area (Å²) in [5.74, 6) is 0.288. The quantitative estimate of drug-likeness (QED) is 0.159. The highest BCUT2D eigenvalue weighted by molar-refractivity contribution is 5.78. The highest BCUT2D eigenvalue weighted by Gasteiger charge is 2.28. The second-order valence-corrected chi connectivity index (χ2v) is 12.8. The van der Waals surface area contributed by atoms with Crippen LogP contribution >= 0.6 is 0 Å². The van der Waals surface area contributed by atoms with Crippen LogP contribution in [0, 0.1) is 0 Å². The molecule has 2 aliphatic heterocycles. The van der Waals surface area contributed by atoms with Crippen LogP contribution < -0.4 is 15.3 Å². The van der Waals surface area contributed by atoms with Crippen LogP contribution in [0.25, 0.3) is 17.0 Å². The van der Waals surface area contributed by atoms with Crippen LogP contribution in [-0.2, 0) is 33.3 Å². The van der Waals surface area contributed by atoms with Crippen molar-refractivity contribution in [2.24, 2.45) is 0 Å². The molecule has 2 fully saturated rings. The SMILES string of the molecule is CC(C)(C)OC(=O)NOCCOCCOCCOCCC(=O)N1CCN(c2nc(N3CCOCC3)nc(-n3c(C(F)F)nc4ccccc43)n2)CC1. The van der Waals surface area contributed by atoms with Crippen LogP contribution in [0.1, 0.15) is 39.4 Å². The van der Waals surface area contributed by atoms with Crippen molar-refractivity contribution in [2.75, 3.05) is 109 Å². The van der Waals surface area contributed by atoms with Gasteiger partial charge in [-0.25, -0.2) is 18.6 Å². The highest BCUT2D eigenvalue weighted by Crippen LogP contribution is 2.28. The van der Waals surface area contributed by atoms with Crippen LogP contribution in [0.4, 0.5) is 25.5 Å². The molecule has 2 amide bonds. The Hall–Kier alpha value is -4.30. The number of carbonyl (C=O) groups is 2. The summed E-state index contributed by atoms with van der Waals surface area (Å²) in [6.07, 6.45) is -3.29. The minimum atomic E-state index is -2.85. The van der Waals surface area contributed by atoms with E-state index >= 15 is 0 Å². The fourth-order valence-electron chi connectivity index (χ4n) is 5.42. The summed E-state index contributed by atoms with van der Waals surface area (Å²) in [5.41, 5.74) is 2.46. The number of hydrogen-bond donors (Lipinski definition) is 1. The van der Waals surface area contributed by atoms with E-state index in [0.717, 1.165) is 0 Å². The van der Waals surface area contributed by atoms with Gasteiger partial charge < -0.3 is 38.4 Å². The topological polar surface area (TPSA) is 168 Å². The van der Waals surface area contributed by atoms with E-state index in [2.05, 4.69) is 20.4 Å². The van der Waals surface area contributed by atoms with Gasteiger partial charge in [0, 0.05) is 39.3 Å². The minimum Gasteiger partial charge on any atom is -0.442 e. The van der Waals surface area contributed by atoms with Gasteiger partial charge in [0.1, 0.15) is 5.60 Å². The molecule has 0 saturated carbocycles. The van der Waals surface area contributed by atoms with Crippen LogP contribution in [0.2, 0.25) is 0 Å². The van der Waals surface area contributed by atoms with E-state index in [4.69, 9.17) is 33.5 Å². The maximum absolute atomic E-state index is 14.2. The number of piperazine rings is 1. The number of amides is 2. The average Bonchev–Trinajstić information content (AvgIpc) is 3.53. The molecular formula is C33H47F2N9O8. The van der Waals surface area contributed by atoms with Crippen LogP contribution in [-0.4, -0.2) is 146 Å². The first-order valence-corrected chi connectivity index (χ1v) is 17.3. The molecule has 52 heavy (non-hydrogen) atoms. The second kappa shape index (κ2) is 19.0. The summed E-state index contributed by atoms with van der Waals surface area (Å²) in [7, 11) is 0. The first-order chi connectivity index (χ1) is 25.1. The number of rotatable bonds is 17. The standard InChI is InChI=1S/C33H47F2N9O8/c1-33(2,3)52-32(46)40-51-23-22-50-21-20-49-19-18-47-15-8-26(45)41-9-11-42(12-10-41)29-37-30(43-13-16-48-17-14-43)39-31(38-29)44-25-7-5-4-6-24(25)36-28(44)27(34)35/h4-7,27H,8-23H2,1-3H3,(H,40,46). The number of imidazole rings is 1. The zero-order valence-electron chi connectivity index (χ0n) is 29.8. The van der Waals surface area contributed by atoms with Crippen molar-refractivity contribution >= 4 is 34.9 Å². The van der Waals surface area contributed by atoms with E-state index in [1.807, 2.05) is 9.80 Å². The summed E-state index contributed by atoms with van der Waals surface area (Å²) in [5, 5.41) is 0. The molecule has 1 aromatic carbocycles. The highest BCUT2D eigenvalue weighted by atomic mass is 19.3. The molecule has 17 nitrogen and oxygen atoms in total. The first-order valence-electron chi connectivity index (χ1n) is 17.3. The van der Waals surface area contributed by atoms with Gasteiger partial charge in [0.2, 0.25) is 23.8 Å². The fraction of sp³-hybridized carbons (Fsp3) is 0.636. The Kier molecular flexibility index (Phi) is 14.2. The lowest BCUT2D eigenvalue weighted by molar-refractivity contribution is -0.132. The first kappa shape index (κ1) is 38.9. The summed E-state index contributed by atoms with van der Waals surface area (Å²) < 4.78 is 56.7. The van der Waals surface area contributed by atoms with E-state index in [1.54, 1.807) is 49.9 Å². The number of benzene rings is 1. The Balaban J connectivity index is 1.03. The van der Waals surface area contributed by atoms with Gasteiger partial charge in [-0.15, -0.1) is 0 Å². The van der Waals surface area contributed by atoms with Crippen molar-refractivity contribution < 1.29 is 46.9 Å². The van der Waals surface area contributed by atoms with Crippen molar-refractivity contribution in [3.63, 3.8) is 0 Å². The molecule has 3 aromatic rings. The van der Waals surface area contributed by atoms with Gasteiger partial charge in [-0.3, -0.25) is 14.2 Å². The number of para-hydroxylation sites is 2. The number of alkyl halides is 2. The molecule has 0 atom stereocenters. The number of anilines is 2. The normalized spacial score (nSPS) is 15.5. The Morgan fingerprint density at radius 3 is 2.00 bits per heavy atom. The van der Waals surface area contributed by atoms with Crippen LogP contribution in [0.15, 0.2) is 24.3 Å². The van der Waals surface area contributed by atoms with Crippen LogP contribution in [0.3, 0.4) is 0 Å². The lowest BCUT2D eigenvalue weighted by Gasteiger charge is -2.35. The van der Waals surface area contributed by atoms with Crippen molar-refractivity contribution in [1.29, 1.82) is 0 Å². The molecule has 0 radical (unpaired) electrons. The van der Waals surface area contributed by atoms with Gasteiger partial charge in [0.25, 0.3) is 6.43 Å². The Morgan fingerprint density at radius 2 is 1.37 bits per heavy atom. The predicted octanol–water partition coefficient (Wildman–Crippen LogP) is 2.53. The monoisotopic (exact) mass is 735 g/mol. The van der Waals surface area contributed by atoms with Crippen molar-refractivity contribution in [1.82, 2.24) is 34.9 Å². The summed E-state index contributed by atoms with van der Waals surface area (Å²) in [6.45, 7) is 11.2. The van der Waals surface area contributed by atoms with Gasteiger partial charge in [-0.05, 0) is 32.9 Å². The molecular weight excluding hydrogens is 688 g/mol. The molecule has 0 aliphatic carbocycles. The third kappa shape index (κ3) is 11.3. The molecule has 19 heteroatoms. The Bertz CT molecular complexity index is 1600. The van der Waals surface area contributed by atoms with E-state index in [9.17, 15) is 18.4 Å². The number of hydroxylamine groups is 1. The summed E-state index contributed by atoms with van der Waals surface area (Å²) in [4.78, 5) is 53.2. The zero-order valence-corrected chi connectivity index (χ0v) is 29.8.